The number of unbranched alkanes of at least 4 members (excludes halogenated alkanes) is 1. The van der Waals surface area contributed by atoms with E-state index in [1.165, 1.54) is 11.3 Å². The Morgan fingerprint density at radius 3 is 2.83 bits per heavy atom. The minimum atomic E-state index is -0.424. The Kier molecular flexibility index (Phi) is 8.13. The van der Waals surface area contributed by atoms with E-state index < -0.39 is 6.04 Å². The van der Waals surface area contributed by atoms with Crippen molar-refractivity contribution >= 4 is 23.2 Å². The number of benzene rings is 1. The van der Waals surface area contributed by atoms with E-state index in [9.17, 15) is 9.59 Å². The summed E-state index contributed by atoms with van der Waals surface area (Å²) in [5.74, 6) is 1.20. The number of carbonyl (C=O) groups is 2. The molecule has 1 atom stereocenters. The molecule has 0 radical (unpaired) electrons. The quantitative estimate of drug-likeness (QED) is 0.604. The molecule has 1 aliphatic rings. The van der Waals surface area contributed by atoms with Crippen LogP contribution in [-0.4, -0.2) is 43.0 Å². The molecule has 6 nitrogen and oxygen atoms in total. The number of nitrogens with zero attached hydrogens (tertiary/aromatic N) is 1. The van der Waals surface area contributed by atoms with Crippen molar-refractivity contribution in [2.45, 2.75) is 51.6 Å². The Hall–Kier alpha value is -2.54. The van der Waals surface area contributed by atoms with Crippen LogP contribution < -0.4 is 14.8 Å². The van der Waals surface area contributed by atoms with Crippen LogP contribution in [0.1, 0.15) is 54.3 Å². The van der Waals surface area contributed by atoms with E-state index in [2.05, 4.69) is 12.2 Å². The van der Waals surface area contributed by atoms with Crippen molar-refractivity contribution in [1.29, 1.82) is 0 Å². The molecular formula is C23H30N2O4S. The van der Waals surface area contributed by atoms with Gasteiger partial charge in [-0.25, -0.2) is 0 Å². The molecule has 2 heterocycles. The van der Waals surface area contributed by atoms with Crippen LogP contribution in [0.15, 0.2) is 35.7 Å². The van der Waals surface area contributed by atoms with Gasteiger partial charge >= 0.3 is 0 Å². The molecule has 1 unspecified atom stereocenters. The van der Waals surface area contributed by atoms with Crippen LogP contribution in [0.4, 0.5) is 0 Å². The van der Waals surface area contributed by atoms with E-state index >= 15 is 0 Å². The van der Waals surface area contributed by atoms with Crippen LogP contribution in [0.2, 0.25) is 0 Å². The van der Waals surface area contributed by atoms with Gasteiger partial charge in [-0.2, -0.15) is 0 Å². The molecule has 1 aromatic heterocycles. The van der Waals surface area contributed by atoms with Gasteiger partial charge in [0.1, 0.15) is 6.04 Å². The van der Waals surface area contributed by atoms with Gasteiger partial charge in [0.15, 0.2) is 11.5 Å². The predicted octanol–water partition coefficient (Wildman–Crippen LogP) is 4.25. The third-order valence-electron chi connectivity index (χ3n) is 5.25. The Morgan fingerprint density at radius 1 is 1.23 bits per heavy atom. The van der Waals surface area contributed by atoms with Crippen LogP contribution in [0, 0.1) is 0 Å². The number of rotatable bonds is 9. The van der Waals surface area contributed by atoms with Gasteiger partial charge in [-0.15, -0.1) is 11.3 Å². The molecule has 1 aromatic carbocycles. The first-order valence-corrected chi connectivity index (χ1v) is 11.4. The molecule has 0 bridgehead atoms. The molecule has 2 amide bonds. The fraction of sp³-hybridized carbons (Fsp3) is 0.478. The summed E-state index contributed by atoms with van der Waals surface area (Å²) < 4.78 is 11.2. The van der Waals surface area contributed by atoms with Crippen LogP contribution in [0.25, 0.3) is 0 Å². The Morgan fingerprint density at radius 2 is 2.10 bits per heavy atom. The Balaban J connectivity index is 1.61. The van der Waals surface area contributed by atoms with Crippen LogP contribution in [-0.2, 0) is 11.3 Å². The number of ether oxygens (including phenoxy) is 2. The lowest BCUT2D eigenvalue weighted by Gasteiger charge is -2.34. The fourth-order valence-electron chi connectivity index (χ4n) is 3.56. The SMILES string of the molecule is CCCCOc1ccc(CNC(=O)C2CCCCN2C(=O)c2cccs2)cc1OC. The zero-order valence-corrected chi connectivity index (χ0v) is 18.5. The number of carbonyl (C=O) groups excluding carboxylic acids is 2. The molecule has 1 saturated heterocycles. The summed E-state index contributed by atoms with van der Waals surface area (Å²) in [5, 5.41) is 4.88. The minimum absolute atomic E-state index is 0.0555. The number of amides is 2. The monoisotopic (exact) mass is 430 g/mol. The second-order valence-electron chi connectivity index (χ2n) is 7.39. The normalized spacial score (nSPS) is 16.2. The average Bonchev–Trinajstić information content (AvgIpc) is 3.32. The summed E-state index contributed by atoms with van der Waals surface area (Å²) in [4.78, 5) is 28.1. The van der Waals surface area contributed by atoms with Crippen molar-refractivity contribution in [2.75, 3.05) is 20.3 Å². The zero-order valence-electron chi connectivity index (χ0n) is 17.7. The van der Waals surface area contributed by atoms with Crippen molar-refractivity contribution in [1.82, 2.24) is 10.2 Å². The average molecular weight is 431 g/mol. The molecule has 7 heteroatoms. The molecular weight excluding hydrogens is 400 g/mol. The van der Waals surface area contributed by atoms with E-state index in [4.69, 9.17) is 9.47 Å². The van der Waals surface area contributed by atoms with Gasteiger partial charge in [-0.05, 0) is 54.8 Å². The fourth-order valence-corrected chi connectivity index (χ4v) is 4.24. The molecule has 2 aromatic rings. The van der Waals surface area contributed by atoms with Gasteiger partial charge in [0.2, 0.25) is 5.91 Å². The zero-order chi connectivity index (χ0) is 21.3. The Labute approximate surface area is 182 Å². The third kappa shape index (κ3) is 5.53. The third-order valence-corrected chi connectivity index (χ3v) is 6.11. The Bertz CT molecular complexity index is 838. The second-order valence-corrected chi connectivity index (χ2v) is 8.34. The molecule has 1 fully saturated rings. The number of nitrogens with one attached hydrogen (secondary N) is 1. The maximum atomic E-state index is 12.9. The van der Waals surface area contributed by atoms with Gasteiger partial charge in [-0.1, -0.05) is 25.5 Å². The van der Waals surface area contributed by atoms with Gasteiger partial charge in [0.25, 0.3) is 5.91 Å². The lowest BCUT2D eigenvalue weighted by Crippen LogP contribution is -2.51. The van der Waals surface area contributed by atoms with Gasteiger partial charge in [-0.3, -0.25) is 9.59 Å². The molecule has 0 saturated carbocycles. The lowest BCUT2D eigenvalue weighted by molar-refractivity contribution is -0.126. The van der Waals surface area contributed by atoms with Crippen LogP contribution >= 0.6 is 11.3 Å². The minimum Gasteiger partial charge on any atom is -0.493 e. The lowest BCUT2D eigenvalue weighted by atomic mass is 10.0. The summed E-state index contributed by atoms with van der Waals surface area (Å²) in [5.41, 5.74) is 0.926. The molecule has 1 N–H and O–H groups in total. The van der Waals surface area contributed by atoms with Crippen molar-refractivity contribution in [3.05, 3.63) is 46.2 Å². The van der Waals surface area contributed by atoms with Crippen molar-refractivity contribution in [3.63, 3.8) is 0 Å². The van der Waals surface area contributed by atoms with E-state index in [1.54, 1.807) is 12.0 Å². The molecule has 0 aliphatic carbocycles. The van der Waals surface area contributed by atoms with Crippen molar-refractivity contribution in [3.8, 4) is 11.5 Å². The maximum absolute atomic E-state index is 12.9. The van der Waals surface area contributed by atoms with E-state index in [0.717, 1.165) is 31.2 Å². The van der Waals surface area contributed by atoms with E-state index in [-0.39, 0.29) is 11.8 Å². The first-order chi connectivity index (χ1) is 14.6. The second kappa shape index (κ2) is 11.0. The van der Waals surface area contributed by atoms with Gasteiger partial charge in [0, 0.05) is 13.1 Å². The maximum Gasteiger partial charge on any atom is 0.264 e. The summed E-state index contributed by atoms with van der Waals surface area (Å²) >= 11 is 1.41. The first kappa shape index (κ1) is 22.2. The van der Waals surface area contributed by atoms with Crippen molar-refractivity contribution < 1.29 is 19.1 Å². The van der Waals surface area contributed by atoms with Gasteiger partial charge in [0.05, 0.1) is 18.6 Å². The summed E-state index contributed by atoms with van der Waals surface area (Å²) in [6.07, 6.45) is 4.63. The topological polar surface area (TPSA) is 67.9 Å². The number of thiophene rings is 1. The highest BCUT2D eigenvalue weighted by Gasteiger charge is 2.32. The van der Waals surface area contributed by atoms with E-state index in [1.807, 2.05) is 35.7 Å². The molecule has 30 heavy (non-hydrogen) atoms. The van der Waals surface area contributed by atoms with Crippen LogP contribution in [0.3, 0.4) is 0 Å². The molecule has 162 valence electrons. The number of likely N-dealkylation sites (tertiary alicyclic amines) is 1. The van der Waals surface area contributed by atoms with Gasteiger partial charge < -0.3 is 19.7 Å². The summed E-state index contributed by atoms with van der Waals surface area (Å²) in [6.45, 7) is 3.76. The number of hydrogen-bond donors (Lipinski definition) is 1. The van der Waals surface area contributed by atoms with E-state index in [0.29, 0.717) is 42.5 Å². The molecule has 3 rings (SSSR count). The highest BCUT2D eigenvalue weighted by atomic mass is 32.1. The number of hydrogen-bond acceptors (Lipinski definition) is 5. The van der Waals surface area contributed by atoms with Crippen LogP contribution in [0.5, 0.6) is 11.5 Å². The number of piperidine rings is 1. The highest BCUT2D eigenvalue weighted by molar-refractivity contribution is 7.12. The smallest absolute Gasteiger partial charge is 0.264 e. The predicted molar refractivity (Wildman–Crippen MR) is 118 cm³/mol. The summed E-state index contributed by atoms with van der Waals surface area (Å²) in [7, 11) is 1.61. The molecule has 1 aliphatic heterocycles. The first-order valence-electron chi connectivity index (χ1n) is 10.6. The summed E-state index contributed by atoms with van der Waals surface area (Å²) in [6, 6.07) is 8.94. The van der Waals surface area contributed by atoms with Crippen molar-refractivity contribution in [2.24, 2.45) is 0 Å². The largest absolute Gasteiger partial charge is 0.493 e. The number of methoxy groups -OCH3 is 1. The molecule has 0 spiro atoms. The standard InChI is InChI=1S/C23H30N2O4S/c1-3-4-13-29-19-11-10-17(15-20(19)28-2)16-24-22(26)18-8-5-6-12-25(18)23(27)21-9-7-14-30-21/h7,9-11,14-15,18H,3-6,8,12-13,16H2,1-2H3,(H,24,26). The highest BCUT2D eigenvalue weighted by Crippen LogP contribution is 2.28.